The monoisotopic (exact) mass is 1510 g/mol. The van der Waals surface area contributed by atoms with Crippen LogP contribution in [0.25, 0.3) is 11.2 Å². The van der Waals surface area contributed by atoms with Crippen molar-refractivity contribution in [3.63, 3.8) is 0 Å². The molecule has 8 rings (SSSR count). The Hall–Kier alpha value is -7.70. The molecule has 3 fully saturated rings. The van der Waals surface area contributed by atoms with Crippen molar-refractivity contribution >= 4 is 69.2 Å². The van der Waals surface area contributed by atoms with Crippen molar-refractivity contribution in [1.29, 1.82) is 0 Å². The van der Waals surface area contributed by atoms with Crippen molar-refractivity contribution in [3.8, 4) is 5.88 Å². The van der Waals surface area contributed by atoms with Gasteiger partial charge in [-0.15, -0.1) is 18.1 Å². The van der Waals surface area contributed by atoms with E-state index in [0.29, 0.717) is 115 Å². The summed E-state index contributed by atoms with van der Waals surface area (Å²) in [6.45, 7) is 14.8. The normalized spacial score (nSPS) is 20.5. The molecule has 11 atom stereocenters. The number of aliphatic hydroxyl groups excluding tert-OH is 1. The van der Waals surface area contributed by atoms with Gasteiger partial charge in [-0.3, -0.25) is 29.5 Å². The van der Waals surface area contributed by atoms with Crippen LogP contribution in [0.1, 0.15) is 94.8 Å². The number of hydrogen-bond acceptors (Lipinski definition) is 28. The van der Waals surface area contributed by atoms with Gasteiger partial charge in [0.2, 0.25) is 23.6 Å². The van der Waals surface area contributed by atoms with Gasteiger partial charge >= 0.3 is 28.7 Å². The first kappa shape index (κ1) is 82.9. The maximum absolute atomic E-state index is 14.4. The summed E-state index contributed by atoms with van der Waals surface area (Å²) in [7, 11) is -3.92. The quantitative estimate of drug-likeness (QED) is 0.0184. The Labute approximate surface area is 609 Å². The lowest BCUT2D eigenvalue weighted by Gasteiger charge is -2.26. The van der Waals surface area contributed by atoms with Crippen LogP contribution >= 0.6 is 16.5 Å². The van der Waals surface area contributed by atoms with Crippen molar-refractivity contribution in [1.82, 2.24) is 45.0 Å². The Kier molecular flexibility index (Phi) is 34.1. The number of benzene rings is 2. The molecule has 1 saturated heterocycles. The summed E-state index contributed by atoms with van der Waals surface area (Å²) in [5, 5.41) is 22.4. The van der Waals surface area contributed by atoms with Gasteiger partial charge in [0, 0.05) is 65.2 Å². The van der Waals surface area contributed by atoms with Crippen LogP contribution in [0.2, 0.25) is 0 Å². The standard InChI is InChI=1S/C68H95N11O24P2/c1-44(2)56(74-66(85)101-68(4,5)6)63(83)72-45(3)61(81)73-50-14-12-46(13-15-50)40-97-67(86)78(19-21-90-24-25-92-28-29-94-32-33-96-35-34-95-31-30-93-27-26-91-23-22-89-7)39-48-10-8-9-11-52(48)62(82)76-65-75-60-57(64(84)77-65)71-43-79(60)53-37-49-41-99-105(88)102-54-38-51(100-55-16-18-69-42-70-55)36-47(54)17-20-98-104(87)103-59(53)58(49)80/h8-16,18,42-45,47,49,51,53-54,56,58-59,80H,17,19-41H2,1-7H3,(H3-2,72,73,74,75,76,77,81,82,83,84,85)/p+2/t45-,47-,49+,51+,53+,54-,56-,58+,59-/m0/s1. The Morgan fingerprint density at radius 2 is 1.38 bits per heavy atom. The molecule has 576 valence electrons. The number of alkyl carbamates (subject to hydrolysis) is 1. The zero-order valence-electron chi connectivity index (χ0n) is 60.1. The highest BCUT2D eigenvalue weighted by Gasteiger charge is 2.52. The third kappa shape index (κ3) is 27.6. The van der Waals surface area contributed by atoms with E-state index < -0.39 is 99.9 Å². The fourth-order valence-electron chi connectivity index (χ4n) is 11.4. The molecule has 0 spiro atoms. The summed E-state index contributed by atoms with van der Waals surface area (Å²) >= 11 is 0. The summed E-state index contributed by atoms with van der Waals surface area (Å²) in [6.07, 6.45) is 0.406. The van der Waals surface area contributed by atoms with Crippen molar-refractivity contribution in [2.45, 2.75) is 129 Å². The number of aromatic amines is 1. The summed E-state index contributed by atoms with van der Waals surface area (Å²) in [4.78, 5) is 102. The molecule has 6 N–H and O–H groups in total. The molecule has 35 nitrogen and oxygen atoms in total. The van der Waals surface area contributed by atoms with Gasteiger partial charge in [-0.25, -0.2) is 24.5 Å². The van der Waals surface area contributed by atoms with E-state index in [4.69, 9.17) is 70.2 Å². The van der Waals surface area contributed by atoms with E-state index in [1.165, 1.54) is 35.1 Å². The number of aromatic nitrogens is 6. The number of methoxy groups -OCH3 is 1. The average Bonchev–Trinajstić information content (AvgIpc) is 1.61. The number of aliphatic hydroxyl groups is 1. The molecule has 1 aliphatic heterocycles. The number of carbonyl (C=O) groups is 5. The van der Waals surface area contributed by atoms with Gasteiger partial charge in [0.25, 0.3) is 11.5 Å². The maximum atomic E-state index is 14.4. The molecular formula is C68H97N11O24P2+2. The molecule has 37 heteroatoms. The minimum atomic E-state index is -2.84. The van der Waals surface area contributed by atoms with Crippen molar-refractivity contribution in [2.24, 2.45) is 17.8 Å². The first-order chi connectivity index (χ1) is 50.6. The first-order valence-corrected chi connectivity index (χ1v) is 37.0. The van der Waals surface area contributed by atoms with E-state index >= 15 is 0 Å². The zero-order valence-corrected chi connectivity index (χ0v) is 61.9. The van der Waals surface area contributed by atoms with Crippen LogP contribution in [0, 0.1) is 17.8 Å². The molecule has 5 aromatic rings. The van der Waals surface area contributed by atoms with Gasteiger partial charge in [0.15, 0.2) is 17.3 Å². The van der Waals surface area contributed by atoms with Crippen LogP contribution in [0.4, 0.5) is 21.2 Å². The third-order valence-electron chi connectivity index (χ3n) is 16.7. The molecule has 2 bridgehead atoms. The molecule has 2 aliphatic carbocycles. The van der Waals surface area contributed by atoms with E-state index in [-0.39, 0.29) is 106 Å². The molecule has 2 saturated carbocycles. The third-order valence-corrected chi connectivity index (χ3v) is 18.3. The lowest BCUT2D eigenvalue weighted by molar-refractivity contribution is -0.128. The van der Waals surface area contributed by atoms with Crippen molar-refractivity contribution in [2.75, 3.05) is 137 Å². The lowest BCUT2D eigenvalue weighted by atomic mass is 10.0. The molecule has 0 radical (unpaired) electrons. The number of fused-ring (bicyclic) bond motifs is 4. The molecule has 2 aromatic carbocycles. The van der Waals surface area contributed by atoms with Crippen molar-refractivity contribution < 1.29 is 108 Å². The molecular weight excluding hydrogens is 1420 g/mol. The van der Waals surface area contributed by atoms with Gasteiger partial charge in [0.1, 0.15) is 56.0 Å². The summed E-state index contributed by atoms with van der Waals surface area (Å²) in [5.74, 6) is -3.10. The van der Waals surface area contributed by atoms with Gasteiger partial charge < -0.3 is 82.6 Å². The highest BCUT2D eigenvalue weighted by atomic mass is 31.1. The largest absolute Gasteiger partial charge is 0.697 e. The predicted molar refractivity (Wildman–Crippen MR) is 375 cm³/mol. The average molecular weight is 1510 g/mol. The van der Waals surface area contributed by atoms with Gasteiger partial charge in [0.05, 0.1) is 118 Å². The lowest BCUT2D eigenvalue weighted by Crippen LogP contribution is -2.54. The van der Waals surface area contributed by atoms with E-state index in [1.807, 2.05) is 0 Å². The minimum absolute atomic E-state index is 0.0182. The van der Waals surface area contributed by atoms with E-state index in [1.54, 1.807) is 96.5 Å². The predicted octanol–water partition coefficient (Wildman–Crippen LogP) is 6.36. The molecule has 3 aliphatic rings. The fourth-order valence-corrected chi connectivity index (χ4v) is 13.0. The molecule has 4 heterocycles. The number of rotatable bonds is 39. The summed E-state index contributed by atoms with van der Waals surface area (Å²) < 4.78 is 113. The molecule has 105 heavy (non-hydrogen) atoms. The number of ether oxygens (including phenoxy) is 11. The van der Waals surface area contributed by atoms with Crippen LogP contribution in [-0.4, -0.2) is 237 Å². The Morgan fingerprint density at radius 1 is 0.743 bits per heavy atom. The second kappa shape index (κ2) is 43.2. The topological polar surface area (TPSA) is 419 Å². The number of hydrogen-bond donors (Lipinski definition) is 6. The van der Waals surface area contributed by atoms with Gasteiger partial charge in [-0.05, 0) is 88.1 Å². The number of H-pyrrole nitrogens is 1. The number of amides is 5. The first-order valence-electron chi connectivity index (χ1n) is 34.8. The van der Waals surface area contributed by atoms with E-state index in [0.717, 1.165) is 0 Å². The highest BCUT2D eigenvalue weighted by Crippen LogP contribution is 2.46. The van der Waals surface area contributed by atoms with Gasteiger partial charge in [-0.2, -0.15) is 4.98 Å². The minimum Gasteiger partial charge on any atom is -0.474 e. The second-order valence-electron chi connectivity index (χ2n) is 26.0. The number of anilines is 2. The van der Waals surface area contributed by atoms with Crippen LogP contribution in [0.15, 0.2) is 78.2 Å². The van der Waals surface area contributed by atoms with Crippen LogP contribution < -0.4 is 31.6 Å². The summed E-state index contributed by atoms with van der Waals surface area (Å²) in [5.41, 5.74) is -0.330. The maximum Gasteiger partial charge on any atom is 0.697 e. The van der Waals surface area contributed by atoms with E-state index in [9.17, 15) is 43.0 Å². The molecule has 3 aromatic heterocycles. The number of carbonyl (C=O) groups excluding carboxylic acids is 5. The van der Waals surface area contributed by atoms with Gasteiger partial charge in [-0.1, -0.05) is 44.2 Å². The Bertz CT molecular complexity index is 3630. The Balaban J connectivity index is 0.865. The SMILES string of the molecule is COCCOCCOCCOCCOCCOCCOCCOCCN(Cc1ccccc1C(=O)Nc1nc2c(ncn2[C@@H]2C[C@@H]3CO[P+](=O)O[C@H]4C[C@H](Oc5ccncn5)C[C@@H]4CCO[P+](=O)O[C@@H]2[C@@H]3O)c(=O)[nH]1)C(=O)OCc1ccc(NC(=O)[C@H](C)NC(=O)[C@@H](NC(=O)OC(C)(C)C)C(C)C)cc1. The number of imidazole rings is 1. The molecule has 2 unspecified atom stereocenters. The fraction of sp³-hybridized carbons (Fsp3) is 0.618. The van der Waals surface area contributed by atoms with Crippen LogP contribution in [-0.2, 0) is 97.3 Å². The number of nitrogens with zero attached hydrogens (tertiary/aromatic N) is 6. The zero-order chi connectivity index (χ0) is 75.1. The Morgan fingerprint density at radius 3 is 2.01 bits per heavy atom. The van der Waals surface area contributed by atoms with E-state index in [2.05, 4.69) is 46.2 Å². The smallest absolute Gasteiger partial charge is 0.474 e. The van der Waals surface area contributed by atoms with Crippen LogP contribution in [0.3, 0.4) is 0 Å². The van der Waals surface area contributed by atoms with Crippen molar-refractivity contribution in [3.05, 3.63) is 100 Å². The summed E-state index contributed by atoms with van der Waals surface area (Å²) in [6, 6.07) is 11.6. The van der Waals surface area contributed by atoms with Crippen LogP contribution in [0.5, 0.6) is 5.88 Å². The second-order valence-corrected chi connectivity index (χ2v) is 27.9. The molecule has 5 amide bonds. The number of nitrogens with one attached hydrogen (secondary N) is 5. The highest BCUT2D eigenvalue weighted by molar-refractivity contribution is 7.33.